The number of esters is 1. The van der Waals surface area contributed by atoms with Crippen LogP contribution in [-0.4, -0.2) is 44.2 Å². The molecule has 0 bridgehead atoms. The third-order valence-electron chi connectivity index (χ3n) is 6.51. The van der Waals surface area contributed by atoms with Gasteiger partial charge < -0.3 is 20.1 Å². The van der Waals surface area contributed by atoms with Crippen molar-refractivity contribution in [2.45, 2.75) is 25.8 Å². The summed E-state index contributed by atoms with van der Waals surface area (Å²) in [6, 6.07) is 22.6. The molecule has 36 heavy (non-hydrogen) atoms. The topological polar surface area (TPSA) is 79.9 Å². The highest BCUT2D eigenvalue weighted by molar-refractivity contribution is 6.02. The highest BCUT2D eigenvalue weighted by Crippen LogP contribution is 2.27. The zero-order chi connectivity index (χ0) is 25.3. The fraction of sp³-hybridized carbons (Fsp3) is 0.310. The summed E-state index contributed by atoms with van der Waals surface area (Å²) in [6.07, 6.45) is 3.30. The molecule has 7 heteroatoms. The highest BCUT2D eigenvalue weighted by atomic mass is 16.5. The largest absolute Gasteiger partial charge is 0.497 e. The Labute approximate surface area is 212 Å². The van der Waals surface area contributed by atoms with E-state index in [9.17, 15) is 9.59 Å². The van der Waals surface area contributed by atoms with Crippen LogP contribution in [0.2, 0.25) is 0 Å². The number of carbonyl (C=O) groups excluding carboxylic acids is 2. The van der Waals surface area contributed by atoms with Crippen molar-refractivity contribution >= 4 is 23.4 Å². The van der Waals surface area contributed by atoms with Gasteiger partial charge in [0.2, 0.25) is 0 Å². The van der Waals surface area contributed by atoms with Crippen molar-refractivity contribution in [1.82, 2.24) is 4.90 Å². The Hall–Kier alpha value is -3.84. The maximum absolute atomic E-state index is 12.8. The van der Waals surface area contributed by atoms with Crippen LogP contribution < -0.4 is 15.4 Å². The first-order valence-corrected chi connectivity index (χ1v) is 12.2. The molecule has 7 nitrogen and oxygen atoms in total. The van der Waals surface area contributed by atoms with Crippen LogP contribution in [0.5, 0.6) is 5.75 Å². The predicted molar refractivity (Wildman–Crippen MR) is 142 cm³/mol. The smallest absolute Gasteiger partial charge is 0.338 e. The minimum absolute atomic E-state index is 0.396. The maximum atomic E-state index is 12.8. The van der Waals surface area contributed by atoms with Crippen molar-refractivity contribution < 1.29 is 19.1 Å². The second-order valence-corrected chi connectivity index (χ2v) is 9.07. The van der Waals surface area contributed by atoms with Crippen LogP contribution in [-0.2, 0) is 17.7 Å². The summed E-state index contributed by atoms with van der Waals surface area (Å²) in [4.78, 5) is 27.8. The Balaban J connectivity index is 1.50. The van der Waals surface area contributed by atoms with Crippen molar-refractivity contribution in [1.29, 1.82) is 0 Å². The lowest BCUT2D eigenvalue weighted by atomic mass is 9.91. The number of hydrogen-bond donors (Lipinski definition) is 2. The van der Waals surface area contributed by atoms with Gasteiger partial charge in [0, 0.05) is 36.1 Å². The molecule has 2 amide bonds. The summed E-state index contributed by atoms with van der Waals surface area (Å²) in [5, 5.41) is 5.76. The fourth-order valence-corrected chi connectivity index (χ4v) is 4.79. The number of nitrogens with zero attached hydrogens (tertiary/aromatic N) is 1. The summed E-state index contributed by atoms with van der Waals surface area (Å²) in [5.74, 6) is 0.773. The lowest BCUT2D eigenvalue weighted by Gasteiger charge is -2.33. The molecule has 2 N–H and O–H groups in total. The van der Waals surface area contributed by atoms with Crippen molar-refractivity contribution in [2.75, 3.05) is 37.9 Å². The standard InChI is InChI=1S/C29H33N3O4/c1-35-24-13-6-12-23(18-24)30-29(34)31-27-15-7-14-25(28(33)36-2)26(27)20-32-16-8-11-22(19-32)17-21-9-4-3-5-10-21/h3-7,9-10,12-15,18,22H,8,11,16-17,19-20H2,1-2H3,(H2,30,31,34). The Bertz CT molecular complexity index is 1180. The molecule has 0 aliphatic carbocycles. The van der Waals surface area contributed by atoms with E-state index in [1.54, 1.807) is 37.4 Å². The molecule has 188 valence electrons. The van der Waals surface area contributed by atoms with Crippen molar-refractivity contribution in [2.24, 2.45) is 5.92 Å². The second kappa shape index (κ2) is 12.2. The number of likely N-dealkylation sites (tertiary alicyclic amines) is 1. The summed E-state index contributed by atoms with van der Waals surface area (Å²) >= 11 is 0. The molecular weight excluding hydrogens is 454 g/mol. The average Bonchev–Trinajstić information content (AvgIpc) is 2.90. The number of hydrogen-bond acceptors (Lipinski definition) is 5. The Morgan fingerprint density at radius 3 is 2.56 bits per heavy atom. The summed E-state index contributed by atoms with van der Waals surface area (Å²) < 4.78 is 10.3. The first kappa shape index (κ1) is 25.3. The summed E-state index contributed by atoms with van der Waals surface area (Å²) in [5.41, 5.74) is 3.75. The van der Waals surface area contributed by atoms with Gasteiger partial charge in [0.05, 0.1) is 19.8 Å². The molecule has 3 aromatic rings. The van der Waals surface area contributed by atoms with Gasteiger partial charge in [-0.3, -0.25) is 4.90 Å². The predicted octanol–water partition coefficient (Wildman–Crippen LogP) is 5.58. The molecule has 0 radical (unpaired) electrons. The number of urea groups is 1. The Morgan fingerprint density at radius 2 is 1.78 bits per heavy atom. The molecule has 0 spiro atoms. The second-order valence-electron chi connectivity index (χ2n) is 9.07. The minimum Gasteiger partial charge on any atom is -0.497 e. The Morgan fingerprint density at radius 1 is 0.972 bits per heavy atom. The maximum Gasteiger partial charge on any atom is 0.338 e. The molecule has 1 atom stereocenters. The fourth-order valence-electron chi connectivity index (χ4n) is 4.79. The van der Waals surface area contributed by atoms with E-state index in [1.165, 1.54) is 19.1 Å². The van der Waals surface area contributed by atoms with Crippen molar-refractivity contribution in [3.63, 3.8) is 0 Å². The van der Waals surface area contributed by atoms with Crippen molar-refractivity contribution in [3.8, 4) is 5.75 Å². The molecule has 4 rings (SSSR count). The van der Waals surface area contributed by atoms with Gasteiger partial charge in [0.25, 0.3) is 0 Å². The Kier molecular flexibility index (Phi) is 8.57. The summed E-state index contributed by atoms with van der Waals surface area (Å²) in [7, 11) is 2.95. The van der Waals surface area contributed by atoms with E-state index in [2.05, 4.69) is 39.8 Å². The van der Waals surface area contributed by atoms with Gasteiger partial charge in [-0.25, -0.2) is 9.59 Å². The lowest BCUT2D eigenvalue weighted by molar-refractivity contribution is 0.0597. The molecule has 0 aromatic heterocycles. The van der Waals surface area contributed by atoms with E-state index in [-0.39, 0.29) is 0 Å². The normalized spacial score (nSPS) is 15.7. The van der Waals surface area contributed by atoms with Gasteiger partial charge in [0.1, 0.15) is 5.75 Å². The number of methoxy groups -OCH3 is 2. The van der Waals surface area contributed by atoms with E-state index in [0.29, 0.717) is 35.2 Å². The average molecular weight is 488 g/mol. The first-order valence-electron chi connectivity index (χ1n) is 12.2. The van der Waals surface area contributed by atoms with E-state index >= 15 is 0 Å². The third-order valence-corrected chi connectivity index (χ3v) is 6.51. The number of benzene rings is 3. The molecule has 1 aliphatic rings. The molecule has 0 saturated carbocycles. The lowest BCUT2D eigenvalue weighted by Crippen LogP contribution is -2.36. The van der Waals surface area contributed by atoms with Crippen LogP contribution in [0.4, 0.5) is 16.2 Å². The molecule has 1 aliphatic heterocycles. The van der Waals surface area contributed by atoms with Gasteiger partial charge in [-0.05, 0) is 61.6 Å². The number of piperidine rings is 1. The quantitative estimate of drug-likeness (QED) is 0.406. The van der Waals surface area contributed by atoms with Crippen LogP contribution in [0, 0.1) is 5.92 Å². The molecule has 3 aromatic carbocycles. The van der Waals surface area contributed by atoms with Crippen LogP contribution in [0.25, 0.3) is 0 Å². The van der Waals surface area contributed by atoms with Gasteiger partial charge in [0.15, 0.2) is 0 Å². The van der Waals surface area contributed by atoms with Crippen LogP contribution in [0.1, 0.15) is 34.3 Å². The zero-order valence-corrected chi connectivity index (χ0v) is 20.8. The molecular formula is C29H33N3O4. The number of anilines is 2. The number of carbonyl (C=O) groups is 2. The minimum atomic E-state index is -0.417. The molecule has 1 heterocycles. The van der Waals surface area contributed by atoms with Crippen LogP contribution in [0.3, 0.4) is 0 Å². The first-order chi connectivity index (χ1) is 17.6. The highest BCUT2D eigenvalue weighted by Gasteiger charge is 2.24. The molecule has 1 fully saturated rings. The van der Waals surface area contributed by atoms with Crippen LogP contribution in [0.15, 0.2) is 72.8 Å². The number of rotatable bonds is 8. The molecule has 1 unspecified atom stereocenters. The zero-order valence-electron chi connectivity index (χ0n) is 20.8. The van der Waals surface area contributed by atoms with Gasteiger partial charge in [-0.2, -0.15) is 0 Å². The van der Waals surface area contributed by atoms with Crippen LogP contribution >= 0.6 is 0 Å². The van der Waals surface area contributed by atoms with E-state index in [1.807, 2.05) is 18.2 Å². The third kappa shape index (κ3) is 6.64. The van der Waals surface area contributed by atoms with Gasteiger partial charge in [-0.1, -0.05) is 42.5 Å². The monoisotopic (exact) mass is 487 g/mol. The number of nitrogens with one attached hydrogen (secondary N) is 2. The number of ether oxygens (including phenoxy) is 2. The van der Waals surface area contributed by atoms with Crippen molar-refractivity contribution in [3.05, 3.63) is 89.5 Å². The van der Waals surface area contributed by atoms with E-state index < -0.39 is 12.0 Å². The molecule has 1 saturated heterocycles. The SMILES string of the molecule is COC(=O)c1cccc(NC(=O)Nc2cccc(OC)c2)c1CN1CCCC(Cc2ccccc2)C1. The number of amides is 2. The van der Waals surface area contributed by atoms with E-state index in [0.717, 1.165) is 31.5 Å². The van der Waals surface area contributed by atoms with Gasteiger partial charge in [-0.15, -0.1) is 0 Å². The van der Waals surface area contributed by atoms with Gasteiger partial charge >= 0.3 is 12.0 Å². The van der Waals surface area contributed by atoms with E-state index in [4.69, 9.17) is 9.47 Å². The summed E-state index contributed by atoms with van der Waals surface area (Å²) in [6.45, 7) is 2.42.